The Labute approximate surface area is 90.8 Å². The molecule has 0 amide bonds. The van der Waals surface area contributed by atoms with Gasteiger partial charge in [0.05, 0.1) is 0 Å². The molecule has 0 saturated carbocycles. The van der Waals surface area contributed by atoms with E-state index in [9.17, 15) is 4.79 Å². The van der Waals surface area contributed by atoms with Crippen molar-refractivity contribution in [3.05, 3.63) is 48.0 Å². The number of carbonyl (C=O) groups excluding carboxylic acids is 1. The Balaban J connectivity index is 2.27. The first-order valence-electron chi connectivity index (χ1n) is 5.49. The molecule has 78 valence electrons. The van der Waals surface area contributed by atoms with Crippen LogP contribution < -0.4 is 0 Å². The number of Topliss-reactive ketones (excluding diaryl/α,β-unsaturated/α-hetero) is 1. The molecule has 0 saturated heterocycles. The second-order valence-corrected chi connectivity index (χ2v) is 4.18. The molecular weight excluding hydrogens is 184 g/mol. The number of ketones is 1. The molecule has 15 heavy (non-hydrogen) atoms. The molecule has 0 bridgehead atoms. The molecule has 1 nitrogen and oxygen atoms in total. The molecule has 1 heteroatoms. The van der Waals surface area contributed by atoms with Gasteiger partial charge in [-0.1, -0.05) is 42.5 Å². The van der Waals surface area contributed by atoms with Crippen LogP contribution in [0.2, 0.25) is 0 Å². The van der Waals surface area contributed by atoms with Gasteiger partial charge >= 0.3 is 0 Å². The van der Waals surface area contributed by atoms with Crippen LogP contribution in [0.25, 0.3) is 0 Å². The minimum Gasteiger partial charge on any atom is -0.300 e. The fraction of sp³-hybridized carbons (Fsp3) is 0.357. The molecule has 1 aromatic carbocycles. The third-order valence-corrected chi connectivity index (χ3v) is 3.18. The maximum Gasteiger partial charge on any atom is 0.133 e. The number of benzene rings is 1. The van der Waals surface area contributed by atoms with Gasteiger partial charge in [0.25, 0.3) is 0 Å². The monoisotopic (exact) mass is 200 g/mol. The summed E-state index contributed by atoms with van der Waals surface area (Å²) in [6.45, 7) is 1.71. The zero-order valence-corrected chi connectivity index (χ0v) is 9.02. The first kappa shape index (κ1) is 10.2. The molecule has 0 heterocycles. The highest BCUT2D eigenvalue weighted by atomic mass is 16.1. The van der Waals surface area contributed by atoms with E-state index in [0.717, 1.165) is 12.8 Å². The van der Waals surface area contributed by atoms with Crippen molar-refractivity contribution in [3.8, 4) is 0 Å². The Morgan fingerprint density at radius 1 is 1.13 bits per heavy atom. The lowest BCUT2D eigenvalue weighted by atomic mass is 9.77. The zero-order chi connectivity index (χ0) is 10.7. The quantitative estimate of drug-likeness (QED) is 0.669. The number of rotatable bonds is 2. The lowest BCUT2D eigenvalue weighted by Gasteiger charge is -2.26. The van der Waals surface area contributed by atoms with Crippen LogP contribution in [0.4, 0.5) is 0 Å². The van der Waals surface area contributed by atoms with Gasteiger partial charge in [-0.25, -0.2) is 0 Å². The van der Waals surface area contributed by atoms with E-state index >= 15 is 0 Å². The van der Waals surface area contributed by atoms with E-state index < -0.39 is 0 Å². The van der Waals surface area contributed by atoms with E-state index in [1.165, 1.54) is 5.56 Å². The molecule has 1 aliphatic carbocycles. The number of hydrogen-bond acceptors (Lipinski definition) is 1. The molecule has 2 atom stereocenters. The summed E-state index contributed by atoms with van der Waals surface area (Å²) in [5.74, 6) is 0.874. The Hall–Kier alpha value is -1.37. The van der Waals surface area contributed by atoms with E-state index in [4.69, 9.17) is 0 Å². The summed E-state index contributed by atoms with van der Waals surface area (Å²) in [4.78, 5) is 11.5. The van der Waals surface area contributed by atoms with Crippen molar-refractivity contribution >= 4 is 5.78 Å². The fourth-order valence-corrected chi connectivity index (χ4v) is 2.33. The summed E-state index contributed by atoms with van der Waals surface area (Å²) in [6, 6.07) is 10.4. The van der Waals surface area contributed by atoms with Gasteiger partial charge in [-0.15, -0.1) is 0 Å². The van der Waals surface area contributed by atoms with Gasteiger partial charge in [0.15, 0.2) is 0 Å². The van der Waals surface area contributed by atoms with Gasteiger partial charge in [-0.05, 0) is 31.2 Å². The summed E-state index contributed by atoms with van der Waals surface area (Å²) in [5, 5.41) is 0. The summed E-state index contributed by atoms with van der Waals surface area (Å²) >= 11 is 0. The Morgan fingerprint density at radius 3 is 2.47 bits per heavy atom. The van der Waals surface area contributed by atoms with Gasteiger partial charge < -0.3 is 0 Å². The predicted molar refractivity (Wildman–Crippen MR) is 61.7 cm³/mol. The standard InChI is InChI=1S/C14H16O/c1-11(15)13-9-5-6-10-14(13)12-7-3-2-4-8-12/h2-8,13-14H,9-10H2,1H3. The van der Waals surface area contributed by atoms with Crippen molar-refractivity contribution in [1.82, 2.24) is 0 Å². The van der Waals surface area contributed by atoms with Gasteiger partial charge in [-0.3, -0.25) is 4.79 Å². The van der Waals surface area contributed by atoms with Crippen LogP contribution >= 0.6 is 0 Å². The largest absolute Gasteiger partial charge is 0.300 e. The molecule has 2 unspecified atom stereocenters. The number of allylic oxidation sites excluding steroid dienone is 2. The average molecular weight is 200 g/mol. The van der Waals surface area contributed by atoms with Crippen molar-refractivity contribution in [1.29, 1.82) is 0 Å². The summed E-state index contributed by atoms with van der Waals surface area (Å²) < 4.78 is 0. The molecule has 1 aromatic rings. The second-order valence-electron chi connectivity index (χ2n) is 4.18. The predicted octanol–water partition coefficient (Wildman–Crippen LogP) is 3.33. The maximum absolute atomic E-state index is 11.5. The van der Waals surface area contributed by atoms with Crippen molar-refractivity contribution in [2.24, 2.45) is 5.92 Å². The lowest BCUT2D eigenvalue weighted by molar-refractivity contribution is -0.121. The third kappa shape index (κ3) is 2.17. The van der Waals surface area contributed by atoms with E-state index in [-0.39, 0.29) is 5.92 Å². The SMILES string of the molecule is CC(=O)C1CC=CCC1c1ccccc1. The topological polar surface area (TPSA) is 17.1 Å². The molecule has 0 fully saturated rings. The smallest absolute Gasteiger partial charge is 0.133 e. The molecule has 0 N–H and O–H groups in total. The molecular formula is C14H16O. The minimum absolute atomic E-state index is 0.178. The fourth-order valence-electron chi connectivity index (χ4n) is 2.33. The van der Waals surface area contributed by atoms with E-state index in [1.807, 2.05) is 18.2 Å². The zero-order valence-electron chi connectivity index (χ0n) is 9.02. The second kappa shape index (κ2) is 4.43. The van der Waals surface area contributed by atoms with Crippen molar-refractivity contribution in [2.45, 2.75) is 25.7 Å². The molecule has 0 aromatic heterocycles. The highest BCUT2D eigenvalue weighted by Crippen LogP contribution is 2.34. The van der Waals surface area contributed by atoms with Gasteiger partial charge in [0.1, 0.15) is 5.78 Å². The van der Waals surface area contributed by atoms with E-state index in [2.05, 4.69) is 24.3 Å². The normalized spacial score (nSPS) is 25.1. The van der Waals surface area contributed by atoms with Crippen molar-refractivity contribution in [3.63, 3.8) is 0 Å². The van der Waals surface area contributed by atoms with Gasteiger partial charge in [0, 0.05) is 5.92 Å². The third-order valence-electron chi connectivity index (χ3n) is 3.18. The lowest BCUT2D eigenvalue weighted by Crippen LogP contribution is -2.21. The van der Waals surface area contributed by atoms with Crippen LogP contribution in [0.5, 0.6) is 0 Å². The molecule has 2 rings (SSSR count). The first-order valence-corrected chi connectivity index (χ1v) is 5.49. The van der Waals surface area contributed by atoms with E-state index in [1.54, 1.807) is 6.92 Å². The van der Waals surface area contributed by atoms with E-state index in [0.29, 0.717) is 11.7 Å². The Kier molecular flexibility index (Phi) is 3.00. The van der Waals surface area contributed by atoms with Crippen LogP contribution in [0.15, 0.2) is 42.5 Å². The Morgan fingerprint density at radius 2 is 1.80 bits per heavy atom. The average Bonchev–Trinajstić information content (AvgIpc) is 2.30. The van der Waals surface area contributed by atoms with Gasteiger partial charge in [0.2, 0.25) is 0 Å². The van der Waals surface area contributed by atoms with Crippen LogP contribution in [-0.2, 0) is 4.79 Å². The van der Waals surface area contributed by atoms with Gasteiger partial charge in [-0.2, -0.15) is 0 Å². The number of carbonyl (C=O) groups is 1. The van der Waals surface area contributed by atoms with Crippen molar-refractivity contribution in [2.75, 3.05) is 0 Å². The summed E-state index contributed by atoms with van der Waals surface area (Å²) in [5.41, 5.74) is 1.29. The molecule has 0 radical (unpaired) electrons. The van der Waals surface area contributed by atoms with Crippen LogP contribution in [0.1, 0.15) is 31.2 Å². The maximum atomic E-state index is 11.5. The Bertz CT molecular complexity index is 364. The number of hydrogen-bond donors (Lipinski definition) is 0. The molecule has 0 spiro atoms. The minimum atomic E-state index is 0.178. The summed E-state index contributed by atoms with van der Waals surface area (Å²) in [7, 11) is 0. The van der Waals surface area contributed by atoms with Crippen LogP contribution in [-0.4, -0.2) is 5.78 Å². The van der Waals surface area contributed by atoms with Crippen LogP contribution in [0, 0.1) is 5.92 Å². The first-order chi connectivity index (χ1) is 7.29. The van der Waals surface area contributed by atoms with Crippen molar-refractivity contribution < 1.29 is 4.79 Å². The molecule has 1 aliphatic rings. The van der Waals surface area contributed by atoms with Crippen LogP contribution in [0.3, 0.4) is 0 Å². The highest BCUT2D eigenvalue weighted by Gasteiger charge is 2.26. The highest BCUT2D eigenvalue weighted by molar-refractivity contribution is 5.79. The summed E-state index contributed by atoms with van der Waals surface area (Å²) in [6.07, 6.45) is 6.21. The molecule has 0 aliphatic heterocycles.